The number of rotatable bonds is 2. The van der Waals surface area contributed by atoms with Crippen LogP contribution in [0.4, 0.5) is 0 Å². The molecule has 0 aliphatic carbocycles. The summed E-state index contributed by atoms with van der Waals surface area (Å²) in [7, 11) is 0. The summed E-state index contributed by atoms with van der Waals surface area (Å²) in [4.78, 5) is 11.0. The molecule has 4 heteroatoms. The molecule has 0 aliphatic heterocycles. The topological polar surface area (TPSA) is 49.7 Å². The fourth-order valence-electron chi connectivity index (χ4n) is 0.939. The highest BCUT2D eigenvalue weighted by atomic mass is 79.9. The molecular formula is C9H8BrNO2. The van der Waals surface area contributed by atoms with Crippen molar-refractivity contribution in [2.45, 2.75) is 6.92 Å². The highest BCUT2D eigenvalue weighted by molar-refractivity contribution is 9.10. The molecule has 1 aromatic carbocycles. The van der Waals surface area contributed by atoms with Gasteiger partial charge in [0.1, 0.15) is 0 Å². The molecule has 0 radical (unpaired) electrons. The number of carbonyl (C=O) groups is 1. The van der Waals surface area contributed by atoms with E-state index in [1.165, 1.54) is 6.92 Å². The van der Waals surface area contributed by atoms with Crippen molar-refractivity contribution in [1.82, 2.24) is 0 Å². The van der Waals surface area contributed by atoms with Crippen LogP contribution in [0.25, 0.3) is 0 Å². The number of ketones is 1. The molecule has 0 atom stereocenters. The fraction of sp³-hybridized carbons (Fsp3) is 0.111. The zero-order valence-corrected chi connectivity index (χ0v) is 8.58. The minimum atomic E-state index is -0.259. The summed E-state index contributed by atoms with van der Waals surface area (Å²) in [5.74, 6) is -0.259. The Bertz CT molecular complexity index is 343. The lowest BCUT2D eigenvalue weighted by Gasteiger charge is -1.99. The van der Waals surface area contributed by atoms with E-state index >= 15 is 0 Å². The molecule has 0 bridgehead atoms. The molecule has 68 valence electrons. The number of hydrogen-bond acceptors (Lipinski definition) is 3. The highest BCUT2D eigenvalue weighted by Crippen LogP contribution is 2.11. The van der Waals surface area contributed by atoms with Crippen molar-refractivity contribution < 1.29 is 10.0 Å². The summed E-state index contributed by atoms with van der Waals surface area (Å²) in [6.45, 7) is 1.36. The molecule has 0 unspecified atom stereocenters. The van der Waals surface area contributed by atoms with E-state index in [2.05, 4.69) is 21.1 Å². The van der Waals surface area contributed by atoms with Gasteiger partial charge in [0.15, 0.2) is 11.5 Å². The fourth-order valence-corrected chi connectivity index (χ4v) is 1.20. The molecular weight excluding hydrogens is 234 g/mol. The van der Waals surface area contributed by atoms with Crippen LogP contribution in [-0.4, -0.2) is 16.7 Å². The van der Waals surface area contributed by atoms with Crippen LogP contribution in [0.5, 0.6) is 0 Å². The maximum absolute atomic E-state index is 11.0. The zero-order valence-electron chi connectivity index (χ0n) is 6.99. The Labute approximate surface area is 84.2 Å². The monoisotopic (exact) mass is 241 g/mol. The molecule has 0 spiro atoms. The number of halogens is 1. The van der Waals surface area contributed by atoms with Crippen molar-refractivity contribution >= 4 is 27.4 Å². The third-order valence-electron chi connectivity index (χ3n) is 1.55. The Morgan fingerprint density at radius 1 is 1.38 bits per heavy atom. The lowest BCUT2D eigenvalue weighted by Crippen LogP contribution is -2.11. The number of oxime groups is 1. The molecule has 0 fully saturated rings. The molecule has 1 aromatic rings. The molecule has 0 heterocycles. The van der Waals surface area contributed by atoms with Gasteiger partial charge in [-0.05, 0) is 12.1 Å². The minimum absolute atomic E-state index is 0.0764. The van der Waals surface area contributed by atoms with E-state index in [-0.39, 0.29) is 11.5 Å². The van der Waals surface area contributed by atoms with Gasteiger partial charge in [-0.2, -0.15) is 0 Å². The Balaban J connectivity index is 3.07. The Morgan fingerprint density at radius 3 is 2.31 bits per heavy atom. The van der Waals surface area contributed by atoms with E-state index in [4.69, 9.17) is 5.21 Å². The number of Topliss-reactive ketones (excluding diaryl/α,β-unsaturated/α-hetero) is 1. The number of carbonyl (C=O) groups excluding carboxylic acids is 1. The van der Waals surface area contributed by atoms with Gasteiger partial charge in [-0.15, -0.1) is 0 Å². The van der Waals surface area contributed by atoms with E-state index < -0.39 is 0 Å². The first-order valence-corrected chi connectivity index (χ1v) is 4.43. The first-order valence-electron chi connectivity index (χ1n) is 3.64. The van der Waals surface area contributed by atoms with Crippen LogP contribution in [0.2, 0.25) is 0 Å². The van der Waals surface area contributed by atoms with Crippen molar-refractivity contribution in [3.05, 3.63) is 34.3 Å². The molecule has 0 amide bonds. The van der Waals surface area contributed by atoms with Gasteiger partial charge >= 0.3 is 0 Å². The molecule has 0 aliphatic rings. The van der Waals surface area contributed by atoms with Crippen LogP contribution in [-0.2, 0) is 4.79 Å². The summed E-state index contributed by atoms with van der Waals surface area (Å²) in [5, 5.41) is 11.5. The zero-order chi connectivity index (χ0) is 9.84. The van der Waals surface area contributed by atoms with Crippen molar-refractivity contribution in [2.75, 3.05) is 0 Å². The average molecular weight is 242 g/mol. The van der Waals surface area contributed by atoms with E-state index in [0.29, 0.717) is 5.56 Å². The Morgan fingerprint density at radius 2 is 1.92 bits per heavy atom. The van der Waals surface area contributed by atoms with Crippen LogP contribution in [0.3, 0.4) is 0 Å². The van der Waals surface area contributed by atoms with E-state index in [1.807, 2.05) is 0 Å². The lowest BCUT2D eigenvalue weighted by molar-refractivity contribution is -0.111. The minimum Gasteiger partial charge on any atom is -0.410 e. The second-order valence-corrected chi connectivity index (χ2v) is 3.43. The van der Waals surface area contributed by atoms with Crippen molar-refractivity contribution in [3.63, 3.8) is 0 Å². The van der Waals surface area contributed by atoms with E-state index in [1.54, 1.807) is 24.3 Å². The van der Waals surface area contributed by atoms with Crippen LogP contribution in [0.1, 0.15) is 12.5 Å². The molecule has 3 nitrogen and oxygen atoms in total. The number of hydrogen-bond donors (Lipinski definition) is 1. The van der Waals surface area contributed by atoms with Gasteiger partial charge in [-0.1, -0.05) is 33.2 Å². The molecule has 0 saturated heterocycles. The molecule has 13 heavy (non-hydrogen) atoms. The molecule has 1 N–H and O–H groups in total. The van der Waals surface area contributed by atoms with E-state index in [0.717, 1.165) is 4.47 Å². The van der Waals surface area contributed by atoms with Crippen LogP contribution >= 0.6 is 15.9 Å². The SMILES string of the molecule is CC(=O)/C(=N/O)c1ccc(Br)cc1. The summed E-state index contributed by atoms with van der Waals surface area (Å²) < 4.78 is 0.914. The summed E-state index contributed by atoms with van der Waals surface area (Å²) in [6, 6.07) is 6.98. The van der Waals surface area contributed by atoms with Gasteiger partial charge < -0.3 is 5.21 Å². The first-order chi connectivity index (χ1) is 6.15. The standard InChI is InChI=1S/C9H8BrNO2/c1-6(12)9(11-13)7-2-4-8(10)5-3-7/h2-5,13H,1H3/b11-9-. The second-order valence-electron chi connectivity index (χ2n) is 2.51. The Hall–Kier alpha value is -1.16. The summed E-state index contributed by atoms with van der Waals surface area (Å²) in [6.07, 6.45) is 0. The first kappa shape index (κ1) is 9.92. The van der Waals surface area contributed by atoms with Gasteiger partial charge in [-0.25, -0.2) is 0 Å². The molecule has 0 aromatic heterocycles. The second kappa shape index (κ2) is 4.18. The summed E-state index contributed by atoms with van der Waals surface area (Å²) in [5.41, 5.74) is 0.686. The average Bonchev–Trinajstić information content (AvgIpc) is 2.09. The smallest absolute Gasteiger partial charge is 0.182 e. The van der Waals surface area contributed by atoms with Gasteiger partial charge in [0.25, 0.3) is 0 Å². The van der Waals surface area contributed by atoms with Crippen molar-refractivity contribution in [2.24, 2.45) is 5.16 Å². The maximum atomic E-state index is 11.0. The third-order valence-corrected chi connectivity index (χ3v) is 2.08. The quantitative estimate of drug-likeness (QED) is 0.491. The lowest BCUT2D eigenvalue weighted by atomic mass is 10.1. The predicted molar refractivity (Wildman–Crippen MR) is 53.1 cm³/mol. The van der Waals surface area contributed by atoms with Gasteiger partial charge in [-0.3, -0.25) is 4.79 Å². The van der Waals surface area contributed by atoms with Gasteiger partial charge in [0.05, 0.1) is 0 Å². The van der Waals surface area contributed by atoms with Crippen molar-refractivity contribution in [1.29, 1.82) is 0 Å². The summed E-state index contributed by atoms with van der Waals surface area (Å²) >= 11 is 3.27. The van der Waals surface area contributed by atoms with E-state index in [9.17, 15) is 4.79 Å². The van der Waals surface area contributed by atoms with Gasteiger partial charge in [0.2, 0.25) is 0 Å². The highest BCUT2D eigenvalue weighted by Gasteiger charge is 2.08. The van der Waals surface area contributed by atoms with Crippen LogP contribution in [0.15, 0.2) is 33.9 Å². The van der Waals surface area contributed by atoms with Crippen LogP contribution in [0, 0.1) is 0 Å². The van der Waals surface area contributed by atoms with Crippen LogP contribution < -0.4 is 0 Å². The Kier molecular flexibility index (Phi) is 3.19. The molecule has 0 saturated carbocycles. The number of nitrogens with zero attached hydrogens (tertiary/aromatic N) is 1. The normalized spacial score (nSPS) is 11.4. The van der Waals surface area contributed by atoms with Gasteiger partial charge in [0, 0.05) is 17.0 Å². The number of benzene rings is 1. The molecule has 1 rings (SSSR count). The largest absolute Gasteiger partial charge is 0.410 e. The third kappa shape index (κ3) is 2.39. The van der Waals surface area contributed by atoms with Crippen molar-refractivity contribution in [3.8, 4) is 0 Å². The predicted octanol–water partition coefficient (Wildman–Crippen LogP) is 2.22. The maximum Gasteiger partial charge on any atom is 0.182 e.